The first kappa shape index (κ1) is 30.3. The molecule has 13 heteroatoms. The third kappa shape index (κ3) is 6.69. The summed E-state index contributed by atoms with van der Waals surface area (Å²) in [7, 11) is 0. The van der Waals surface area contributed by atoms with Gasteiger partial charge in [-0.25, -0.2) is 14.6 Å². The molecule has 3 N–H and O–H groups in total. The van der Waals surface area contributed by atoms with Gasteiger partial charge in [-0.2, -0.15) is 0 Å². The van der Waals surface area contributed by atoms with Gasteiger partial charge in [-0.05, 0) is 75.6 Å². The molecule has 4 heterocycles. The molecule has 0 bridgehead atoms. The number of carbonyl (C=O) groups is 3. The van der Waals surface area contributed by atoms with E-state index >= 15 is 0 Å². The van der Waals surface area contributed by atoms with Crippen LogP contribution in [0.2, 0.25) is 0 Å². The van der Waals surface area contributed by atoms with Gasteiger partial charge in [0.05, 0.1) is 16.8 Å². The Morgan fingerprint density at radius 1 is 1.14 bits per heavy atom. The minimum Gasteiger partial charge on any atom is -0.465 e. The first-order valence-electron chi connectivity index (χ1n) is 14.6. The third-order valence-electron chi connectivity index (χ3n) is 8.33. The normalized spacial score (nSPS) is 21.6. The molecule has 0 radical (unpaired) electrons. The van der Waals surface area contributed by atoms with E-state index in [0.717, 1.165) is 66.6 Å². The summed E-state index contributed by atoms with van der Waals surface area (Å²) in [5, 5.41) is 17.8. The van der Waals surface area contributed by atoms with Crippen LogP contribution in [0.1, 0.15) is 50.5 Å². The van der Waals surface area contributed by atoms with Gasteiger partial charge in [-0.3, -0.25) is 4.79 Å². The van der Waals surface area contributed by atoms with Crippen LogP contribution in [0.3, 0.4) is 0 Å². The molecule has 1 aromatic carbocycles. The Labute approximate surface area is 266 Å². The molecular weight excluding hydrogens is 654 g/mol. The Kier molecular flexibility index (Phi) is 8.44. The molecule has 1 aliphatic carbocycles. The summed E-state index contributed by atoms with van der Waals surface area (Å²) in [6, 6.07) is 6.33. The molecule has 0 spiro atoms. The number of likely N-dealkylation sites (tertiary alicyclic amines) is 1. The van der Waals surface area contributed by atoms with Crippen molar-refractivity contribution in [2.75, 3.05) is 31.5 Å². The molecule has 1 saturated carbocycles. The zero-order valence-corrected chi connectivity index (χ0v) is 27.7. The molecular formula is C30H36BrN5O5S2. The zero-order valence-electron chi connectivity index (χ0n) is 24.4. The van der Waals surface area contributed by atoms with Gasteiger partial charge < -0.3 is 30.3 Å². The van der Waals surface area contributed by atoms with E-state index in [1.807, 2.05) is 43.9 Å². The van der Waals surface area contributed by atoms with Gasteiger partial charge in [0.15, 0.2) is 0 Å². The molecule has 3 atom stereocenters. The second-order valence-electron chi connectivity index (χ2n) is 12.6. The Bertz CT molecular complexity index is 1550. The van der Waals surface area contributed by atoms with E-state index in [4.69, 9.17) is 9.72 Å². The van der Waals surface area contributed by atoms with Crippen molar-refractivity contribution in [3.05, 3.63) is 33.1 Å². The summed E-state index contributed by atoms with van der Waals surface area (Å²) < 4.78 is 7.55. The Balaban J connectivity index is 1.08. The highest BCUT2D eigenvalue weighted by Gasteiger charge is 2.43. The molecule has 230 valence electrons. The highest BCUT2D eigenvalue weighted by atomic mass is 79.9. The number of hydrogen-bond acceptors (Lipinski definition) is 8. The number of ether oxygens (including phenoxy) is 1. The Hall–Kier alpha value is -2.74. The van der Waals surface area contributed by atoms with E-state index < -0.39 is 11.7 Å². The number of thiazole rings is 1. The third-order valence-corrected chi connectivity index (χ3v) is 11.0. The van der Waals surface area contributed by atoms with Crippen LogP contribution in [0.4, 0.5) is 14.6 Å². The van der Waals surface area contributed by atoms with Crippen molar-refractivity contribution in [2.45, 2.75) is 64.6 Å². The summed E-state index contributed by atoms with van der Waals surface area (Å²) in [5.74, 6) is 0.831. The average Bonchev–Trinajstić information content (AvgIpc) is 3.67. The number of carbonyl (C=O) groups excluding carboxylic acids is 2. The van der Waals surface area contributed by atoms with Crippen LogP contribution in [0.15, 0.2) is 22.7 Å². The molecule has 10 nitrogen and oxygen atoms in total. The van der Waals surface area contributed by atoms with E-state index in [9.17, 15) is 19.5 Å². The number of nitrogens with one attached hydrogen (secondary N) is 2. The topological polar surface area (TPSA) is 124 Å². The minimum atomic E-state index is -0.935. The van der Waals surface area contributed by atoms with Crippen LogP contribution in [0.25, 0.3) is 20.8 Å². The van der Waals surface area contributed by atoms with E-state index in [2.05, 4.69) is 26.6 Å². The molecule has 3 aliphatic rings. The van der Waals surface area contributed by atoms with Gasteiger partial charge in [-0.15, -0.1) is 22.7 Å². The molecule has 2 aromatic heterocycles. The van der Waals surface area contributed by atoms with Crippen molar-refractivity contribution in [1.82, 2.24) is 20.1 Å². The second kappa shape index (κ2) is 12.0. The smallest absolute Gasteiger partial charge is 0.410 e. The molecule has 3 amide bonds. The summed E-state index contributed by atoms with van der Waals surface area (Å²) in [6.07, 6.45) is 1.72. The SMILES string of the molecule is CC(C)(C)OC(=O)N1C[C@H]2CC(NCCC(=O)Nc3sc4c(c3-c3nc5cc(Br)ccc5s3)CCN(C(=O)O)C4)C[C@H]2C1. The number of fused-ring (bicyclic) bond motifs is 3. The maximum atomic E-state index is 13.2. The molecule has 6 rings (SSSR count). The number of hydrogen-bond donors (Lipinski definition) is 3. The van der Waals surface area contributed by atoms with Gasteiger partial charge in [0.2, 0.25) is 5.91 Å². The maximum Gasteiger partial charge on any atom is 0.410 e. The average molecular weight is 691 g/mol. The lowest BCUT2D eigenvalue weighted by atomic mass is 10.0. The van der Waals surface area contributed by atoms with Crippen LogP contribution in [-0.4, -0.2) is 75.8 Å². The number of aromatic nitrogens is 1. The lowest BCUT2D eigenvalue weighted by Crippen LogP contribution is -2.37. The second-order valence-corrected chi connectivity index (χ2v) is 15.7. The lowest BCUT2D eigenvalue weighted by Gasteiger charge is -2.25. The van der Waals surface area contributed by atoms with Crippen molar-refractivity contribution in [1.29, 1.82) is 0 Å². The lowest BCUT2D eigenvalue weighted by molar-refractivity contribution is -0.116. The number of nitrogens with zero attached hydrogens (tertiary/aromatic N) is 3. The predicted octanol–water partition coefficient (Wildman–Crippen LogP) is 6.39. The fraction of sp³-hybridized carbons (Fsp3) is 0.533. The van der Waals surface area contributed by atoms with Crippen molar-refractivity contribution in [3.63, 3.8) is 0 Å². The van der Waals surface area contributed by atoms with Gasteiger partial charge in [0, 0.05) is 53.6 Å². The van der Waals surface area contributed by atoms with E-state index in [0.29, 0.717) is 50.4 Å². The van der Waals surface area contributed by atoms with Gasteiger partial charge >= 0.3 is 12.2 Å². The number of thiophene rings is 1. The summed E-state index contributed by atoms with van der Waals surface area (Å²) in [5.41, 5.74) is 2.39. The van der Waals surface area contributed by atoms with Crippen LogP contribution >= 0.6 is 38.6 Å². The van der Waals surface area contributed by atoms with Crippen molar-refractivity contribution in [2.24, 2.45) is 11.8 Å². The number of carboxylic acid groups (broad SMARTS) is 1. The van der Waals surface area contributed by atoms with Crippen LogP contribution in [-0.2, 0) is 22.5 Å². The molecule has 1 unspecified atom stereocenters. The summed E-state index contributed by atoms with van der Waals surface area (Å²) in [4.78, 5) is 46.4. The first-order valence-corrected chi connectivity index (χ1v) is 17.1. The quantitative estimate of drug-likeness (QED) is 0.274. The standard InChI is InChI=1S/C30H36BrN5O5S2/c1-30(2,3)41-29(40)36-13-16-10-19(11-17(16)14-36)32-8-6-24(37)34-27-25(20-7-9-35(28(38)39)15-23(20)43-27)26-33-21-12-18(31)4-5-22(21)42-26/h4-5,12,16-17,19,32H,6-11,13-15H2,1-3H3,(H,34,37)(H,38,39)/t16-,17+,19?. The Morgan fingerprint density at radius 2 is 1.88 bits per heavy atom. The van der Waals surface area contributed by atoms with Crippen LogP contribution in [0.5, 0.6) is 0 Å². The summed E-state index contributed by atoms with van der Waals surface area (Å²) >= 11 is 6.55. The molecule has 3 aromatic rings. The largest absolute Gasteiger partial charge is 0.465 e. The number of halogens is 1. The maximum absolute atomic E-state index is 13.2. The van der Waals surface area contributed by atoms with Crippen molar-refractivity contribution in [3.8, 4) is 10.6 Å². The number of anilines is 1. The highest BCUT2D eigenvalue weighted by molar-refractivity contribution is 9.10. The monoisotopic (exact) mass is 689 g/mol. The van der Waals surface area contributed by atoms with Crippen LogP contribution in [0, 0.1) is 11.8 Å². The summed E-state index contributed by atoms with van der Waals surface area (Å²) in [6.45, 7) is 8.41. The fourth-order valence-electron chi connectivity index (χ4n) is 6.41. The number of amides is 3. The molecule has 43 heavy (non-hydrogen) atoms. The van der Waals surface area contributed by atoms with Gasteiger partial charge in [-0.1, -0.05) is 15.9 Å². The van der Waals surface area contributed by atoms with Gasteiger partial charge in [0.25, 0.3) is 0 Å². The van der Waals surface area contributed by atoms with E-state index in [-0.39, 0.29) is 12.0 Å². The van der Waals surface area contributed by atoms with Crippen LogP contribution < -0.4 is 10.6 Å². The van der Waals surface area contributed by atoms with E-state index in [1.165, 1.54) is 16.2 Å². The van der Waals surface area contributed by atoms with E-state index in [1.54, 1.807) is 11.3 Å². The predicted molar refractivity (Wildman–Crippen MR) is 172 cm³/mol. The van der Waals surface area contributed by atoms with Crippen molar-refractivity contribution >= 4 is 71.9 Å². The van der Waals surface area contributed by atoms with Gasteiger partial charge in [0.1, 0.15) is 15.6 Å². The zero-order chi connectivity index (χ0) is 30.5. The Morgan fingerprint density at radius 3 is 2.58 bits per heavy atom. The number of benzene rings is 1. The molecule has 2 fully saturated rings. The molecule has 1 saturated heterocycles. The fourth-order valence-corrected chi connectivity index (χ4v) is 9.13. The van der Waals surface area contributed by atoms with Crippen molar-refractivity contribution < 1.29 is 24.2 Å². The minimum absolute atomic E-state index is 0.0828. The highest BCUT2D eigenvalue weighted by Crippen LogP contribution is 2.46. The number of rotatable bonds is 6. The molecule has 2 aliphatic heterocycles. The first-order chi connectivity index (χ1) is 20.4.